The number of rotatable bonds is 2. The van der Waals surface area contributed by atoms with Crippen molar-refractivity contribution in [2.75, 3.05) is 0 Å². The minimum atomic E-state index is 0.122. The molecule has 2 nitrogen and oxygen atoms in total. The van der Waals surface area contributed by atoms with Gasteiger partial charge in [-0.05, 0) is 12.5 Å². The van der Waals surface area contributed by atoms with E-state index in [1.54, 1.807) is 0 Å². The van der Waals surface area contributed by atoms with Gasteiger partial charge in [0.05, 0.1) is 0 Å². The van der Waals surface area contributed by atoms with Gasteiger partial charge in [-0.15, -0.1) is 0 Å². The Balaban J connectivity index is 3.17. The van der Waals surface area contributed by atoms with Crippen LogP contribution in [0.1, 0.15) is 51.8 Å². The summed E-state index contributed by atoms with van der Waals surface area (Å²) >= 11 is 0. The van der Waals surface area contributed by atoms with E-state index in [-0.39, 0.29) is 5.41 Å². The molecule has 0 aromatic carbocycles. The molecule has 0 radical (unpaired) electrons. The maximum absolute atomic E-state index is 4.56. The fraction of sp³-hybridized carbons (Fsp3) is 0.667. The first-order valence-corrected chi connectivity index (χ1v) is 5.34. The van der Waals surface area contributed by atoms with Crippen molar-refractivity contribution in [2.24, 2.45) is 0 Å². The van der Waals surface area contributed by atoms with Crippen molar-refractivity contribution in [1.82, 2.24) is 9.97 Å². The lowest BCUT2D eigenvalue weighted by atomic mass is 9.91. The Morgan fingerprint density at radius 3 is 2.14 bits per heavy atom. The first kappa shape index (κ1) is 11.2. The van der Waals surface area contributed by atoms with Crippen molar-refractivity contribution in [3.63, 3.8) is 0 Å². The van der Waals surface area contributed by atoms with Crippen LogP contribution in [-0.4, -0.2) is 9.97 Å². The second-order valence-corrected chi connectivity index (χ2v) is 4.62. The molecule has 1 rings (SSSR count). The van der Waals surface area contributed by atoms with Gasteiger partial charge in [-0.2, -0.15) is 0 Å². The summed E-state index contributed by atoms with van der Waals surface area (Å²) in [5.74, 6) is 0.967. The van der Waals surface area contributed by atoms with Gasteiger partial charge in [0.25, 0.3) is 0 Å². The van der Waals surface area contributed by atoms with Gasteiger partial charge in [-0.1, -0.05) is 34.6 Å². The molecule has 1 aromatic heterocycles. The average Bonchev–Trinajstić information content (AvgIpc) is 2.15. The Morgan fingerprint density at radius 2 is 1.71 bits per heavy atom. The first-order valence-electron chi connectivity index (χ1n) is 5.34. The summed E-state index contributed by atoms with van der Waals surface area (Å²) in [7, 11) is 0. The molecule has 1 heterocycles. The molecular weight excluding hydrogens is 172 g/mol. The van der Waals surface area contributed by atoms with Crippen LogP contribution >= 0.6 is 0 Å². The number of nitrogens with zero attached hydrogens (tertiary/aromatic N) is 2. The monoisotopic (exact) mass is 192 g/mol. The highest BCUT2D eigenvalue weighted by Gasteiger charge is 2.16. The minimum absolute atomic E-state index is 0.122. The SMILES string of the molecule is CCc1cc(C(C)(C)C)nc(CC)n1. The summed E-state index contributed by atoms with van der Waals surface area (Å²) < 4.78 is 0. The second-order valence-electron chi connectivity index (χ2n) is 4.62. The van der Waals surface area contributed by atoms with E-state index in [1.807, 2.05) is 0 Å². The van der Waals surface area contributed by atoms with Crippen LogP contribution in [-0.2, 0) is 18.3 Å². The van der Waals surface area contributed by atoms with Crippen molar-refractivity contribution in [3.8, 4) is 0 Å². The standard InChI is InChI=1S/C12H20N2/c1-6-9-8-10(12(3,4)5)14-11(7-2)13-9/h8H,6-7H2,1-5H3. The Bertz CT molecular complexity index is 288. The van der Waals surface area contributed by atoms with E-state index in [1.165, 1.54) is 0 Å². The largest absolute Gasteiger partial charge is 0.238 e. The average molecular weight is 192 g/mol. The first-order chi connectivity index (χ1) is 6.47. The smallest absolute Gasteiger partial charge is 0.128 e. The van der Waals surface area contributed by atoms with E-state index in [0.29, 0.717) is 0 Å². The molecule has 0 fully saturated rings. The van der Waals surface area contributed by atoms with Gasteiger partial charge in [-0.3, -0.25) is 0 Å². The Morgan fingerprint density at radius 1 is 1.07 bits per heavy atom. The summed E-state index contributed by atoms with van der Waals surface area (Å²) in [5, 5.41) is 0. The molecule has 0 saturated heterocycles. The van der Waals surface area contributed by atoms with Crippen molar-refractivity contribution < 1.29 is 0 Å². The molecule has 0 aliphatic heterocycles. The zero-order valence-electron chi connectivity index (χ0n) is 9.89. The Kier molecular flexibility index (Phi) is 3.25. The van der Waals surface area contributed by atoms with E-state index in [9.17, 15) is 0 Å². The van der Waals surface area contributed by atoms with Gasteiger partial charge >= 0.3 is 0 Å². The third kappa shape index (κ3) is 2.53. The van der Waals surface area contributed by atoms with Crippen molar-refractivity contribution in [1.29, 1.82) is 0 Å². The lowest BCUT2D eigenvalue weighted by Gasteiger charge is -2.19. The molecule has 0 N–H and O–H groups in total. The van der Waals surface area contributed by atoms with Crippen LogP contribution in [0.4, 0.5) is 0 Å². The third-order valence-electron chi connectivity index (χ3n) is 2.27. The number of aryl methyl sites for hydroxylation is 2. The van der Waals surface area contributed by atoms with E-state index in [0.717, 1.165) is 30.1 Å². The van der Waals surface area contributed by atoms with Gasteiger partial charge in [0, 0.05) is 23.2 Å². The van der Waals surface area contributed by atoms with Gasteiger partial charge in [-0.25, -0.2) is 9.97 Å². The van der Waals surface area contributed by atoms with Crippen LogP contribution in [0, 0.1) is 0 Å². The van der Waals surface area contributed by atoms with E-state index >= 15 is 0 Å². The van der Waals surface area contributed by atoms with Crippen LogP contribution in [0.5, 0.6) is 0 Å². The number of hydrogen-bond donors (Lipinski definition) is 0. The molecular formula is C12H20N2. The molecule has 0 atom stereocenters. The van der Waals surface area contributed by atoms with Gasteiger partial charge in [0.15, 0.2) is 0 Å². The number of aromatic nitrogens is 2. The van der Waals surface area contributed by atoms with E-state index in [4.69, 9.17) is 0 Å². The fourth-order valence-electron chi connectivity index (χ4n) is 1.28. The fourth-order valence-corrected chi connectivity index (χ4v) is 1.28. The maximum atomic E-state index is 4.56. The predicted octanol–water partition coefficient (Wildman–Crippen LogP) is 2.90. The lowest BCUT2D eigenvalue weighted by Crippen LogP contribution is -2.16. The van der Waals surface area contributed by atoms with Crippen LogP contribution in [0.3, 0.4) is 0 Å². The third-order valence-corrected chi connectivity index (χ3v) is 2.27. The summed E-state index contributed by atoms with van der Waals surface area (Å²) in [6.45, 7) is 10.8. The topological polar surface area (TPSA) is 25.8 Å². The summed E-state index contributed by atoms with van der Waals surface area (Å²) in [6, 6.07) is 2.12. The number of hydrogen-bond acceptors (Lipinski definition) is 2. The molecule has 14 heavy (non-hydrogen) atoms. The highest BCUT2D eigenvalue weighted by Crippen LogP contribution is 2.20. The van der Waals surface area contributed by atoms with Crippen molar-refractivity contribution in [3.05, 3.63) is 23.3 Å². The Hall–Kier alpha value is -0.920. The molecule has 0 aliphatic carbocycles. The molecule has 78 valence electrons. The summed E-state index contributed by atoms with van der Waals surface area (Å²) in [4.78, 5) is 9.03. The zero-order chi connectivity index (χ0) is 10.8. The molecule has 2 heteroatoms. The molecule has 0 spiro atoms. The molecule has 0 saturated carbocycles. The molecule has 0 amide bonds. The predicted molar refractivity (Wildman–Crippen MR) is 59.5 cm³/mol. The minimum Gasteiger partial charge on any atom is -0.238 e. The van der Waals surface area contributed by atoms with Crippen LogP contribution < -0.4 is 0 Å². The van der Waals surface area contributed by atoms with E-state index < -0.39 is 0 Å². The van der Waals surface area contributed by atoms with E-state index in [2.05, 4.69) is 50.7 Å². The van der Waals surface area contributed by atoms with Crippen LogP contribution in [0.25, 0.3) is 0 Å². The van der Waals surface area contributed by atoms with Crippen LogP contribution in [0.15, 0.2) is 6.07 Å². The normalized spacial score (nSPS) is 11.8. The highest BCUT2D eigenvalue weighted by atomic mass is 14.9. The summed E-state index contributed by atoms with van der Waals surface area (Å²) in [5.41, 5.74) is 2.43. The van der Waals surface area contributed by atoms with Crippen LogP contribution in [0.2, 0.25) is 0 Å². The second kappa shape index (κ2) is 4.07. The van der Waals surface area contributed by atoms with Crippen molar-refractivity contribution >= 4 is 0 Å². The van der Waals surface area contributed by atoms with Gasteiger partial charge in [0.2, 0.25) is 0 Å². The quantitative estimate of drug-likeness (QED) is 0.720. The lowest BCUT2D eigenvalue weighted by molar-refractivity contribution is 0.560. The van der Waals surface area contributed by atoms with Gasteiger partial charge < -0.3 is 0 Å². The highest BCUT2D eigenvalue weighted by molar-refractivity contribution is 5.18. The molecule has 1 aromatic rings. The molecule has 0 bridgehead atoms. The van der Waals surface area contributed by atoms with Gasteiger partial charge in [0.1, 0.15) is 5.82 Å². The molecule has 0 aliphatic rings. The Labute approximate surface area is 86.8 Å². The maximum Gasteiger partial charge on any atom is 0.128 e. The summed E-state index contributed by atoms with van der Waals surface area (Å²) in [6.07, 6.45) is 1.90. The zero-order valence-corrected chi connectivity index (χ0v) is 9.89. The van der Waals surface area contributed by atoms with Crippen molar-refractivity contribution in [2.45, 2.75) is 52.9 Å². The molecule has 0 unspecified atom stereocenters.